The fraction of sp³-hybridized carbons (Fsp3) is 0.526. The first-order valence-electron chi connectivity index (χ1n) is 8.08. The summed E-state index contributed by atoms with van der Waals surface area (Å²) in [5, 5.41) is 0. The minimum absolute atomic E-state index is 0.908. The van der Waals surface area contributed by atoms with E-state index in [4.69, 9.17) is 4.98 Å². The van der Waals surface area contributed by atoms with Gasteiger partial charge >= 0.3 is 0 Å². The lowest BCUT2D eigenvalue weighted by molar-refractivity contribution is 0.943. The summed E-state index contributed by atoms with van der Waals surface area (Å²) in [5.41, 5.74) is 12.4. The predicted octanol–water partition coefficient (Wildman–Crippen LogP) is 4.69. The molecule has 0 atom stereocenters. The molecule has 0 aliphatic heterocycles. The second-order valence-corrected chi connectivity index (χ2v) is 12.1. The molecule has 22 heavy (non-hydrogen) atoms. The number of fused-ring (bicyclic) bond motifs is 1. The smallest absolute Gasteiger partial charge is 0.140 e. The van der Waals surface area contributed by atoms with Crippen LogP contribution in [0.25, 0.3) is 5.65 Å². The Morgan fingerprint density at radius 2 is 1.55 bits per heavy atom. The SMILES string of the molecule is Cc1c(C)c(C)n2c(C)c(CCC#C[Si](C)(C)C)nc2c1C. The van der Waals surface area contributed by atoms with E-state index in [9.17, 15) is 0 Å². The molecular formula is C19H28N2Si. The number of nitrogens with zero attached hydrogens (tertiary/aromatic N) is 2. The Balaban J connectivity index is 2.41. The average Bonchev–Trinajstić information content (AvgIpc) is 2.75. The molecule has 0 bridgehead atoms. The number of hydrogen-bond donors (Lipinski definition) is 0. The van der Waals surface area contributed by atoms with Crippen molar-refractivity contribution in [1.82, 2.24) is 9.38 Å². The van der Waals surface area contributed by atoms with Crippen LogP contribution in [0.1, 0.15) is 40.2 Å². The van der Waals surface area contributed by atoms with Gasteiger partial charge in [-0.05, 0) is 51.3 Å². The number of imidazole rings is 1. The molecule has 0 aromatic carbocycles. The van der Waals surface area contributed by atoms with Gasteiger partial charge in [-0.25, -0.2) is 4.98 Å². The van der Waals surface area contributed by atoms with E-state index in [1.165, 1.54) is 33.8 Å². The molecule has 0 aliphatic rings. The van der Waals surface area contributed by atoms with Crippen LogP contribution in [0.3, 0.4) is 0 Å². The van der Waals surface area contributed by atoms with Gasteiger partial charge in [0.15, 0.2) is 0 Å². The highest BCUT2D eigenvalue weighted by molar-refractivity contribution is 6.83. The zero-order valence-corrected chi connectivity index (χ0v) is 16.3. The van der Waals surface area contributed by atoms with Crippen molar-refractivity contribution in [2.45, 2.75) is 67.1 Å². The third-order valence-corrected chi connectivity index (χ3v) is 5.42. The van der Waals surface area contributed by atoms with E-state index >= 15 is 0 Å². The monoisotopic (exact) mass is 312 g/mol. The van der Waals surface area contributed by atoms with Crippen molar-refractivity contribution in [3.8, 4) is 11.5 Å². The minimum atomic E-state index is -1.26. The molecule has 0 spiro atoms. The van der Waals surface area contributed by atoms with Crippen molar-refractivity contribution in [1.29, 1.82) is 0 Å². The van der Waals surface area contributed by atoms with Gasteiger partial charge in [0, 0.05) is 24.2 Å². The molecule has 3 heteroatoms. The van der Waals surface area contributed by atoms with Gasteiger partial charge in [-0.15, -0.1) is 11.5 Å². The molecule has 2 aromatic heterocycles. The van der Waals surface area contributed by atoms with Gasteiger partial charge in [0.2, 0.25) is 0 Å². The fourth-order valence-electron chi connectivity index (χ4n) is 2.84. The molecule has 0 N–H and O–H groups in total. The number of aromatic nitrogens is 2. The first-order chi connectivity index (χ1) is 10.1. The Kier molecular flexibility index (Phi) is 4.53. The Bertz CT molecular complexity index is 780. The molecule has 2 rings (SSSR count). The van der Waals surface area contributed by atoms with E-state index in [1.807, 2.05) is 0 Å². The Hall–Kier alpha value is -1.53. The van der Waals surface area contributed by atoms with Gasteiger partial charge in [0.1, 0.15) is 13.7 Å². The maximum absolute atomic E-state index is 4.92. The molecule has 0 radical (unpaired) electrons. The largest absolute Gasteiger partial charge is 0.301 e. The third-order valence-electron chi connectivity index (χ3n) is 4.49. The molecule has 2 nitrogen and oxygen atoms in total. The molecule has 0 fully saturated rings. The van der Waals surface area contributed by atoms with Crippen LogP contribution in [0.5, 0.6) is 0 Å². The van der Waals surface area contributed by atoms with Crippen molar-refractivity contribution in [3.63, 3.8) is 0 Å². The second kappa shape index (κ2) is 5.93. The number of aryl methyl sites for hydroxylation is 4. The molecule has 118 valence electrons. The maximum Gasteiger partial charge on any atom is 0.140 e. The van der Waals surface area contributed by atoms with Crippen molar-refractivity contribution in [3.05, 3.63) is 33.8 Å². The lowest BCUT2D eigenvalue weighted by Crippen LogP contribution is -2.16. The van der Waals surface area contributed by atoms with E-state index in [0.29, 0.717) is 0 Å². The summed E-state index contributed by atoms with van der Waals surface area (Å²) in [7, 11) is -1.26. The lowest BCUT2D eigenvalue weighted by Gasteiger charge is -2.12. The van der Waals surface area contributed by atoms with E-state index in [2.05, 4.69) is 70.1 Å². The molecular weight excluding hydrogens is 284 g/mol. The van der Waals surface area contributed by atoms with Gasteiger partial charge in [0.25, 0.3) is 0 Å². The van der Waals surface area contributed by atoms with E-state index < -0.39 is 8.07 Å². The molecule has 2 aromatic rings. The first kappa shape index (κ1) is 16.8. The van der Waals surface area contributed by atoms with Crippen molar-refractivity contribution in [2.24, 2.45) is 0 Å². The first-order valence-corrected chi connectivity index (χ1v) is 11.6. The Morgan fingerprint density at radius 3 is 2.14 bits per heavy atom. The van der Waals surface area contributed by atoms with Crippen molar-refractivity contribution < 1.29 is 0 Å². The number of rotatable bonds is 2. The highest BCUT2D eigenvalue weighted by Gasteiger charge is 2.15. The summed E-state index contributed by atoms with van der Waals surface area (Å²) >= 11 is 0. The van der Waals surface area contributed by atoms with Crippen LogP contribution in [0.2, 0.25) is 19.6 Å². The highest BCUT2D eigenvalue weighted by atomic mass is 28.3. The minimum Gasteiger partial charge on any atom is -0.301 e. The van der Waals surface area contributed by atoms with Crippen LogP contribution in [-0.4, -0.2) is 17.5 Å². The summed E-state index contributed by atoms with van der Waals surface area (Å²) in [6.45, 7) is 17.8. The van der Waals surface area contributed by atoms with E-state index in [0.717, 1.165) is 18.5 Å². The van der Waals surface area contributed by atoms with Gasteiger partial charge in [0.05, 0.1) is 5.69 Å². The van der Waals surface area contributed by atoms with Crippen LogP contribution in [-0.2, 0) is 6.42 Å². The van der Waals surface area contributed by atoms with Crippen LogP contribution in [0.15, 0.2) is 0 Å². The number of hydrogen-bond acceptors (Lipinski definition) is 1. The Labute approximate surface area is 136 Å². The van der Waals surface area contributed by atoms with E-state index in [-0.39, 0.29) is 0 Å². The van der Waals surface area contributed by atoms with E-state index in [1.54, 1.807) is 0 Å². The van der Waals surface area contributed by atoms with Gasteiger partial charge in [-0.3, -0.25) is 0 Å². The predicted molar refractivity (Wildman–Crippen MR) is 98.3 cm³/mol. The van der Waals surface area contributed by atoms with Gasteiger partial charge < -0.3 is 4.40 Å². The molecule has 0 saturated heterocycles. The van der Waals surface area contributed by atoms with Gasteiger partial charge in [-0.2, -0.15) is 0 Å². The summed E-state index contributed by atoms with van der Waals surface area (Å²) in [5.74, 6) is 3.36. The summed E-state index contributed by atoms with van der Waals surface area (Å²) in [6.07, 6.45) is 1.85. The Morgan fingerprint density at radius 1 is 0.909 bits per heavy atom. The van der Waals surface area contributed by atoms with Crippen LogP contribution in [0, 0.1) is 46.1 Å². The average molecular weight is 313 g/mol. The lowest BCUT2D eigenvalue weighted by atomic mass is 10.0. The fourth-order valence-corrected chi connectivity index (χ4v) is 3.50. The standard InChI is InChI=1S/C19H28N2Si/c1-13-14(2)16(4)21-17(5)18(20-19(21)15(13)3)11-9-10-12-22(6,7)8/h9,11H2,1-8H3. The number of pyridine rings is 1. The molecule has 0 aliphatic carbocycles. The summed E-state index contributed by atoms with van der Waals surface area (Å²) < 4.78 is 2.32. The van der Waals surface area contributed by atoms with Crippen LogP contribution < -0.4 is 0 Å². The topological polar surface area (TPSA) is 17.3 Å². The van der Waals surface area contributed by atoms with Crippen molar-refractivity contribution in [2.75, 3.05) is 0 Å². The normalized spacial score (nSPS) is 11.6. The quantitative estimate of drug-likeness (QED) is 0.581. The summed E-state index contributed by atoms with van der Waals surface area (Å²) in [6, 6.07) is 0. The zero-order chi connectivity index (χ0) is 16.7. The van der Waals surface area contributed by atoms with Crippen molar-refractivity contribution >= 4 is 13.7 Å². The highest BCUT2D eigenvalue weighted by Crippen LogP contribution is 2.25. The third kappa shape index (κ3) is 3.12. The van der Waals surface area contributed by atoms with Gasteiger partial charge in [-0.1, -0.05) is 19.6 Å². The molecule has 0 amide bonds. The summed E-state index contributed by atoms with van der Waals surface area (Å²) in [4.78, 5) is 4.92. The molecule has 0 saturated carbocycles. The van der Waals surface area contributed by atoms with Crippen LogP contribution in [0.4, 0.5) is 0 Å². The zero-order valence-electron chi connectivity index (χ0n) is 15.3. The maximum atomic E-state index is 4.92. The molecule has 0 unspecified atom stereocenters. The second-order valence-electron chi connectivity index (χ2n) is 7.32. The van der Waals surface area contributed by atoms with Crippen LogP contribution >= 0.6 is 0 Å². The molecule has 2 heterocycles.